The molecule has 0 N–H and O–H groups in total. The summed E-state index contributed by atoms with van der Waals surface area (Å²) in [7, 11) is 0. The number of hydrogen-bond acceptors (Lipinski definition) is 3. The summed E-state index contributed by atoms with van der Waals surface area (Å²) in [6.07, 6.45) is 1.90. The van der Waals surface area contributed by atoms with Crippen LogP contribution in [0.3, 0.4) is 0 Å². The maximum atomic E-state index is 11.7. The van der Waals surface area contributed by atoms with Gasteiger partial charge in [-0.1, -0.05) is 31.5 Å². The van der Waals surface area contributed by atoms with Crippen molar-refractivity contribution in [1.29, 1.82) is 0 Å². The Morgan fingerprint density at radius 2 is 1.88 bits per heavy atom. The molecule has 0 fully saturated rings. The largest absolute Gasteiger partial charge is 0.373 e. The maximum absolute atomic E-state index is 11.7. The summed E-state index contributed by atoms with van der Waals surface area (Å²) in [5.41, 5.74) is 2.41. The molecule has 0 saturated carbocycles. The molecule has 1 rings (SSSR count). The van der Waals surface area contributed by atoms with Crippen molar-refractivity contribution in [3.63, 3.8) is 0 Å². The molecular formula is C13H18O3. The first-order chi connectivity index (χ1) is 7.66. The summed E-state index contributed by atoms with van der Waals surface area (Å²) in [5.74, 6) is -0.410. The van der Waals surface area contributed by atoms with Gasteiger partial charge in [0, 0.05) is 0 Å². The number of rotatable bonds is 5. The topological polar surface area (TPSA) is 35.5 Å². The van der Waals surface area contributed by atoms with Crippen LogP contribution in [0.15, 0.2) is 18.2 Å². The number of hydrogen-bond donors (Lipinski definition) is 0. The number of aryl methyl sites for hydroxylation is 2. The maximum Gasteiger partial charge on any atom is 0.373 e. The predicted octanol–water partition coefficient (Wildman–Crippen LogP) is 3.19. The highest BCUT2D eigenvalue weighted by Gasteiger charge is 2.13. The van der Waals surface area contributed by atoms with Gasteiger partial charge in [-0.15, -0.1) is 0 Å². The normalized spacial score (nSPS) is 10.2. The van der Waals surface area contributed by atoms with Gasteiger partial charge in [-0.3, -0.25) is 4.89 Å². The third kappa shape index (κ3) is 3.35. The first kappa shape index (κ1) is 12.7. The van der Waals surface area contributed by atoms with Crippen molar-refractivity contribution in [2.24, 2.45) is 0 Å². The second kappa shape index (κ2) is 6.28. The summed E-state index contributed by atoms with van der Waals surface area (Å²) in [5, 5.41) is 0. The van der Waals surface area contributed by atoms with Gasteiger partial charge < -0.3 is 0 Å². The van der Waals surface area contributed by atoms with E-state index in [1.807, 2.05) is 32.0 Å². The quantitative estimate of drug-likeness (QED) is 0.436. The number of benzene rings is 1. The van der Waals surface area contributed by atoms with Crippen molar-refractivity contribution < 1.29 is 14.6 Å². The molecule has 0 aliphatic heterocycles. The zero-order valence-electron chi connectivity index (χ0n) is 10.1. The lowest BCUT2D eigenvalue weighted by molar-refractivity contribution is -0.241. The van der Waals surface area contributed by atoms with Crippen LogP contribution in [0.2, 0.25) is 0 Å². The van der Waals surface area contributed by atoms with Gasteiger partial charge in [-0.05, 0) is 31.4 Å². The summed E-state index contributed by atoms with van der Waals surface area (Å²) >= 11 is 0. The van der Waals surface area contributed by atoms with Crippen LogP contribution in [0, 0.1) is 13.8 Å². The Kier molecular flexibility index (Phi) is 4.99. The SMILES string of the molecule is CCCCOOC(=O)c1c(C)cccc1C. The van der Waals surface area contributed by atoms with E-state index < -0.39 is 5.97 Å². The minimum Gasteiger partial charge on any atom is -0.293 e. The molecule has 0 heterocycles. The molecule has 0 atom stereocenters. The molecule has 3 nitrogen and oxygen atoms in total. The van der Waals surface area contributed by atoms with Crippen LogP contribution >= 0.6 is 0 Å². The number of unbranched alkanes of at least 4 members (excludes halogenated alkanes) is 1. The van der Waals surface area contributed by atoms with Gasteiger partial charge in [0.25, 0.3) is 0 Å². The van der Waals surface area contributed by atoms with E-state index >= 15 is 0 Å². The molecule has 16 heavy (non-hydrogen) atoms. The van der Waals surface area contributed by atoms with E-state index in [0.29, 0.717) is 12.2 Å². The van der Waals surface area contributed by atoms with Gasteiger partial charge in [0.05, 0.1) is 12.2 Å². The van der Waals surface area contributed by atoms with Crippen molar-refractivity contribution in [2.75, 3.05) is 6.61 Å². The van der Waals surface area contributed by atoms with E-state index in [1.54, 1.807) is 0 Å². The van der Waals surface area contributed by atoms with Crippen LogP contribution in [0.5, 0.6) is 0 Å². The monoisotopic (exact) mass is 222 g/mol. The Morgan fingerprint density at radius 1 is 1.25 bits per heavy atom. The minimum atomic E-state index is -0.410. The Balaban J connectivity index is 2.59. The molecular weight excluding hydrogens is 204 g/mol. The Morgan fingerprint density at radius 3 is 2.44 bits per heavy atom. The van der Waals surface area contributed by atoms with E-state index in [9.17, 15) is 4.79 Å². The van der Waals surface area contributed by atoms with Gasteiger partial charge in [-0.25, -0.2) is 4.79 Å². The van der Waals surface area contributed by atoms with Crippen molar-refractivity contribution in [2.45, 2.75) is 33.6 Å². The van der Waals surface area contributed by atoms with Gasteiger partial charge in [0.2, 0.25) is 0 Å². The van der Waals surface area contributed by atoms with Crippen LogP contribution in [0.4, 0.5) is 0 Å². The highest BCUT2D eigenvalue weighted by Crippen LogP contribution is 2.14. The van der Waals surface area contributed by atoms with Crippen LogP contribution in [-0.2, 0) is 9.78 Å². The highest BCUT2D eigenvalue weighted by atomic mass is 17.2. The number of carbonyl (C=O) groups is 1. The molecule has 1 aromatic rings. The highest BCUT2D eigenvalue weighted by molar-refractivity contribution is 5.92. The zero-order valence-corrected chi connectivity index (χ0v) is 10.1. The second-order valence-electron chi connectivity index (χ2n) is 3.81. The van der Waals surface area contributed by atoms with Crippen LogP contribution < -0.4 is 0 Å². The molecule has 88 valence electrons. The van der Waals surface area contributed by atoms with Crippen molar-refractivity contribution >= 4 is 5.97 Å². The molecule has 0 radical (unpaired) electrons. The van der Waals surface area contributed by atoms with Crippen molar-refractivity contribution in [1.82, 2.24) is 0 Å². The Bertz CT molecular complexity index is 338. The third-order valence-electron chi connectivity index (χ3n) is 2.40. The summed E-state index contributed by atoms with van der Waals surface area (Å²) in [4.78, 5) is 21.3. The molecule has 3 heteroatoms. The van der Waals surface area contributed by atoms with Gasteiger partial charge in [0.1, 0.15) is 0 Å². The van der Waals surface area contributed by atoms with E-state index in [2.05, 4.69) is 6.92 Å². The summed E-state index contributed by atoms with van der Waals surface area (Å²) < 4.78 is 0. The fourth-order valence-electron chi connectivity index (χ4n) is 1.48. The first-order valence-electron chi connectivity index (χ1n) is 5.56. The lowest BCUT2D eigenvalue weighted by atomic mass is 10.0. The average Bonchev–Trinajstić information content (AvgIpc) is 2.24. The van der Waals surface area contributed by atoms with E-state index in [-0.39, 0.29) is 0 Å². The molecule has 0 bridgehead atoms. The summed E-state index contributed by atoms with van der Waals surface area (Å²) in [6.45, 7) is 6.27. The third-order valence-corrected chi connectivity index (χ3v) is 2.40. The van der Waals surface area contributed by atoms with Crippen LogP contribution in [-0.4, -0.2) is 12.6 Å². The van der Waals surface area contributed by atoms with Gasteiger partial charge >= 0.3 is 5.97 Å². The second-order valence-corrected chi connectivity index (χ2v) is 3.81. The predicted molar refractivity (Wildman–Crippen MR) is 62.2 cm³/mol. The average molecular weight is 222 g/mol. The van der Waals surface area contributed by atoms with E-state index in [0.717, 1.165) is 24.0 Å². The van der Waals surface area contributed by atoms with Crippen LogP contribution in [0.25, 0.3) is 0 Å². The van der Waals surface area contributed by atoms with Gasteiger partial charge in [-0.2, -0.15) is 4.89 Å². The Labute approximate surface area is 96.3 Å². The van der Waals surface area contributed by atoms with Crippen molar-refractivity contribution in [3.8, 4) is 0 Å². The Hall–Kier alpha value is -1.35. The summed E-state index contributed by atoms with van der Waals surface area (Å²) in [6, 6.07) is 5.69. The fourth-order valence-corrected chi connectivity index (χ4v) is 1.48. The standard InChI is InChI=1S/C13H18O3/c1-4-5-9-15-16-13(14)12-10(2)7-6-8-11(12)3/h6-8H,4-5,9H2,1-3H3. The van der Waals surface area contributed by atoms with E-state index in [4.69, 9.17) is 9.78 Å². The van der Waals surface area contributed by atoms with E-state index in [1.165, 1.54) is 0 Å². The lowest BCUT2D eigenvalue weighted by Crippen LogP contribution is -2.10. The molecule has 0 aliphatic rings. The lowest BCUT2D eigenvalue weighted by Gasteiger charge is -2.08. The molecule has 0 aromatic heterocycles. The molecule has 0 saturated heterocycles. The van der Waals surface area contributed by atoms with Crippen LogP contribution in [0.1, 0.15) is 41.3 Å². The van der Waals surface area contributed by atoms with Crippen molar-refractivity contribution in [3.05, 3.63) is 34.9 Å². The zero-order chi connectivity index (χ0) is 12.0. The smallest absolute Gasteiger partial charge is 0.293 e. The fraction of sp³-hybridized carbons (Fsp3) is 0.462. The first-order valence-corrected chi connectivity index (χ1v) is 5.56. The molecule has 0 amide bonds. The minimum absolute atomic E-state index is 0.410. The van der Waals surface area contributed by atoms with Gasteiger partial charge in [0.15, 0.2) is 0 Å². The molecule has 0 unspecified atom stereocenters. The number of carbonyl (C=O) groups excluding carboxylic acids is 1. The molecule has 1 aromatic carbocycles. The molecule has 0 aliphatic carbocycles. The molecule has 0 spiro atoms.